The number of halogens is 1. The molecule has 0 fully saturated rings. The molecule has 13 heteroatoms. The molecular formula is C42H46FN5O6S. The second-order valence-corrected chi connectivity index (χ2v) is 15.4. The van der Waals surface area contributed by atoms with Crippen molar-refractivity contribution in [2.45, 2.75) is 70.4 Å². The molecule has 0 bridgehead atoms. The van der Waals surface area contributed by atoms with E-state index in [1.807, 2.05) is 29.2 Å². The van der Waals surface area contributed by atoms with E-state index in [2.05, 4.69) is 18.6 Å². The van der Waals surface area contributed by atoms with Crippen LogP contribution in [0.1, 0.15) is 77.2 Å². The predicted octanol–water partition coefficient (Wildman–Crippen LogP) is 7.51. The summed E-state index contributed by atoms with van der Waals surface area (Å²) in [6.45, 7) is 7.16. The number of fused-ring (bicyclic) bond motifs is 1. The summed E-state index contributed by atoms with van der Waals surface area (Å²) in [6, 6.07) is 24.8. The van der Waals surface area contributed by atoms with Gasteiger partial charge in [-0.2, -0.15) is 5.10 Å². The molecular weight excluding hydrogens is 722 g/mol. The number of benzene rings is 4. The maximum atomic E-state index is 14.7. The van der Waals surface area contributed by atoms with Gasteiger partial charge in [-0.3, -0.25) is 14.3 Å². The maximum absolute atomic E-state index is 14.7. The van der Waals surface area contributed by atoms with Crippen LogP contribution in [0.4, 0.5) is 10.1 Å². The molecule has 4 aromatic carbocycles. The van der Waals surface area contributed by atoms with Crippen LogP contribution in [-0.4, -0.2) is 70.7 Å². The van der Waals surface area contributed by atoms with E-state index in [4.69, 9.17) is 9.84 Å². The number of aromatic nitrogens is 2. The number of rotatable bonds is 15. The molecule has 5 aromatic rings. The number of unbranched alkanes of at least 4 members (excludes halogenated alkanes) is 2. The number of carbonyl (C=O) groups is 2. The largest absolute Gasteiger partial charge is 0.457 e. The Kier molecular flexibility index (Phi) is 12.3. The van der Waals surface area contributed by atoms with E-state index in [1.165, 1.54) is 54.6 Å². The van der Waals surface area contributed by atoms with Crippen LogP contribution < -0.4 is 9.46 Å². The number of sulfonamides is 1. The summed E-state index contributed by atoms with van der Waals surface area (Å²) < 4.78 is 50.5. The molecule has 1 aliphatic rings. The number of aryl methyl sites for hydroxylation is 1. The topological polar surface area (TPSA) is 134 Å². The van der Waals surface area contributed by atoms with Gasteiger partial charge in [0, 0.05) is 31.0 Å². The van der Waals surface area contributed by atoms with Gasteiger partial charge in [0.15, 0.2) is 5.69 Å². The number of aliphatic hydroxyl groups excluding tert-OH is 1. The molecule has 0 unspecified atom stereocenters. The normalized spacial score (nSPS) is 14.0. The minimum absolute atomic E-state index is 0.0503. The first-order valence-corrected chi connectivity index (χ1v) is 20.0. The van der Waals surface area contributed by atoms with E-state index in [0.29, 0.717) is 42.4 Å². The minimum Gasteiger partial charge on any atom is -0.457 e. The van der Waals surface area contributed by atoms with Crippen LogP contribution in [0.3, 0.4) is 0 Å². The Labute approximate surface area is 321 Å². The lowest BCUT2D eigenvalue weighted by atomic mass is 9.93. The zero-order valence-corrected chi connectivity index (χ0v) is 32.1. The number of hydrogen-bond acceptors (Lipinski definition) is 7. The zero-order chi connectivity index (χ0) is 39.1. The summed E-state index contributed by atoms with van der Waals surface area (Å²) in [4.78, 5) is 31.8. The summed E-state index contributed by atoms with van der Waals surface area (Å²) in [7, 11) is -4.14. The number of amides is 2. The molecule has 0 saturated heterocycles. The third-order valence-corrected chi connectivity index (χ3v) is 11.1. The SMILES string of the molecule is CCCCN(CCCC)C(=O)c1cc(C)n(-c2ccc(NS(=O)(=O)c3ccc(Oc4ccc(F)cc4)cc3)cc2C(=O)N2Cc3ccccc3C[C@H]2CO)n1. The van der Waals surface area contributed by atoms with Crippen molar-refractivity contribution in [2.75, 3.05) is 24.4 Å². The first-order valence-electron chi connectivity index (χ1n) is 18.6. The lowest BCUT2D eigenvalue weighted by Crippen LogP contribution is -2.46. The molecule has 1 aromatic heterocycles. The van der Waals surface area contributed by atoms with Crippen LogP contribution in [-0.2, 0) is 23.0 Å². The van der Waals surface area contributed by atoms with Gasteiger partial charge in [-0.15, -0.1) is 0 Å². The van der Waals surface area contributed by atoms with Crippen molar-refractivity contribution in [3.8, 4) is 17.2 Å². The highest BCUT2D eigenvalue weighted by Crippen LogP contribution is 2.30. The van der Waals surface area contributed by atoms with Crippen LogP contribution in [0.5, 0.6) is 11.5 Å². The van der Waals surface area contributed by atoms with Crippen molar-refractivity contribution in [3.63, 3.8) is 0 Å². The van der Waals surface area contributed by atoms with Crippen LogP contribution >= 0.6 is 0 Å². The molecule has 2 N–H and O–H groups in total. The summed E-state index contributed by atoms with van der Waals surface area (Å²) in [5, 5.41) is 15.1. The summed E-state index contributed by atoms with van der Waals surface area (Å²) in [5.41, 5.74) is 3.48. The third-order valence-electron chi connectivity index (χ3n) is 9.67. The van der Waals surface area contributed by atoms with Crippen LogP contribution in [0.2, 0.25) is 0 Å². The first kappa shape index (κ1) is 39.2. The Morgan fingerprint density at radius 3 is 2.18 bits per heavy atom. The molecule has 55 heavy (non-hydrogen) atoms. The quantitative estimate of drug-likeness (QED) is 0.113. The molecule has 2 amide bonds. The number of hydrogen-bond donors (Lipinski definition) is 2. The smallest absolute Gasteiger partial charge is 0.274 e. The van der Waals surface area contributed by atoms with Gasteiger partial charge in [0.25, 0.3) is 21.8 Å². The Balaban J connectivity index is 1.34. The molecule has 6 rings (SSSR count). The summed E-state index contributed by atoms with van der Waals surface area (Å²) >= 11 is 0. The van der Waals surface area contributed by atoms with E-state index in [1.54, 1.807) is 34.7 Å². The molecule has 0 spiro atoms. The summed E-state index contributed by atoms with van der Waals surface area (Å²) in [5.74, 6) is -0.276. The Hall–Kier alpha value is -5.53. The monoisotopic (exact) mass is 767 g/mol. The Morgan fingerprint density at radius 1 is 0.909 bits per heavy atom. The molecule has 2 heterocycles. The highest BCUT2D eigenvalue weighted by Gasteiger charge is 2.32. The van der Waals surface area contributed by atoms with Crippen LogP contribution in [0.15, 0.2) is 102 Å². The fraction of sp³-hybridized carbons (Fsp3) is 0.310. The van der Waals surface area contributed by atoms with Crippen molar-refractivity contribution < 1.29 is 32.2 Å². The van der Waals surface area contributed by atoms with Gasteiger partial charge < -0.3 is 19.6 Å². The van der Waals surface area contributed by atoms with E-state index in [-0.39, 0.29) is 40.9 Å². The molecule has 1 atom stereocenters. The number of aliphatic hydroxyl groups is 1. The lowest BCUT2D eigenvalue weighted by Gasteiger charge is -2.36. The third kappa shape index (κ3) is 9.06. The van der Waals surface area contributed by atoms with Crippen molar-refractivity contribution in [1.29, 1.82) is 0 Å². The maximum Gasteiger partial charge on any atom is 0.274 e. The fourth-order valence-corrected chi connectivity index (χ4v) is 7.69. The Morgan fingerprint density at radius 2 is 1.55 bits per heavy atom. The number of carbonyl (C=O) groups excluding carboxylic acids is 2. The first-order chi connectivity index (χ1) is 26.5. The molecule has 288 valence electrons. The van der Waals surface area contributed by atoms with E-state index >= 15 is 0 Å². The number of anilines is 1. The highest BCUT2D eigenvalue weighted by molar-refractivity contribution is 7.92. The van der Waals surface area contributed by atoms with E-state index < -0.39 is 27.8 Å². The second kappa shape index (κ2) is 17.3. The zero-order valence-electron chi connectivity index (χ0n) is 31.2. The molecule has 0 radical (unpaired) electrons. The van der Waals surface area contributed by atoms with Gasteiger partial charge >= 0.3 is 0 Å². The van der Waals surface area contributed by atoms with Crippen LogP contribution in [0, 0.1) is 12.7 Å². The molecule has 0 saturated carbocycles. The van der Waals surface area contributed by atoms with Gasteiger partial charge in [-0.25, -0.2) is 17.5 Å². The van der Waals surface area contributed by atoms with E-state index in [9.17, 15) is 27.5 Å². The average molecular weight is 768 g/mol. The van der Waals surface area contributed by atoms with Crippen molar-refractivity contribution >= 4 is 27.5 Å². The number of ether oxygens (including phenoxy) is 1. The van der Waals surface area contributed by atoms with Crippen LogP contribution in [0.25, 0.3) is 5.69 Å². The fourth-order valence-electron chi connectivity index (χ4n) is 6.64. The van der Waals surface area contributed by atoms with Gasteiger partial charge in [0.05, 0.1) is 28.8 Å². The van der Waals surface area contributed by atoms with Gasteiger partial charge in [-0.05, 0) is 110 Å². The van der Waals surface area contributed by atoms with Gasteiger partial charge in [-0.1, -0.05) is 51.0 Å². The standard InChI is InChI=1S/C42H46FN5O6S/c1-4-6-22-46(23-7-5-2)42(51)39-24-29(3)48(44-39)40-21-14-33(26-38(40)41(50)47-27-31-11-9-8-10-30(31)25-34(47)28-49)45-55(52,53)37-19-17-36(18-20-37)54-35-15-12-32(43)13-16-35/h8-21,24,26,34,45,49H,4-7,22-23,25,27-28H2,1-3H3/t34-/m0/s1. The van der Waals surface area contributed by atoms with E-state index in [0.717, 1.165) is 36.8 Å². The summed E-state index contributed by atoms with van der Waals surface area (Å²) in [6.07, 6.45) is 4.07. The molecule has 1 aliphatic heterocycles. The minimum atomic E-state index is -4.14. The average Bonchev–Trinajstić information content (AvgIpc) is 3.58. The predicted molar refractivity (Wildman–Crippen MR) is 209 cm³/mol. The molecule has 11 nitrogen and oxygen atoms in total. The van der Waals surface area contributed by atoms with Crippen molar-refractivity contribution in [2.24, 2.45) is 0 Å². The van der Waals surface area contributed by atoms with Gasteiger partial charge in [0.2, 0.25) is 0 Å². The van der Waals surface area contributed by atoms with Gasteiger partial charge in [0.1, 0.15) is 17.3 Å². The van der Waals surface area contributed by atoms with Crippen molar-refractivity contribution in [3.05, 3.63) is 131 Å². The lowest BCUT2D eigenvalue weighted by molar-refractivity contribution is 0.0544. The molecule has 0 aliphatic carbocycles. The Bertz CT molecular complexity index is 2230. The van der Waals surface area contributed by atoms with Crippen molar-refractivity contribution in [1.82, 2.24) is 19.6 Å². The highest BCUT2D eigenvalue weighted by atomic mass is 32.2. The number of nitrogens with zero attached hydrogens (tertiary/aromatic N) is 4. The number of nitrogens with one attached hydrogen (secondary N) is 1. The second-order valence-electron chi connectivity index (χ2n) is 13.7.